The Morgan fingerprint density at radius 1 is 1.15 bits per heavy atom. The number of carbonyl (C=O) groups excluding carboxylic acids is 1. The molecular formula is C20H20FNO4. The molecule has 0 spiro atoms. The van der Waals surface area contributed by atoms with Crippen LogP contribution >= 0.6 is 0 Å². The number of aliphatic carboxylic acids is 1. The van der Waals surface area contributed by atoms with Crippen LogP contribution in [0.15, 0.2) is 42.5 Å². The SMILES string of the molecule is COc1ccc(C(=O)N2C[C@H](C(=O)O)[C@@H](c3ccc(F)cc3)C2)cc1C. The van der Waals surface area contributed by atoms with Crippen molar-refractivity contribution in [3.05, 3.63) is 65.0 Å². The number of benzene rings is 2. The van der Waals surface area contributed by atoms with Gasteiger partial charge in [-0.25, -0.2) is 4.39 Å². The second-order valence-electron chi connectivity index (χ2n) is 6.50. The predicted molar refractivity (Wildman–Crippen MR) is 93.9 cm³/mol. The molecule has 26 heavy (non-hydrogen) atoms. The first-order chi connectivity index (χ1) is 12.4. The molecule has 136 valence electrons. The number of amides is 1. The van der Waals surface area contributed by atoms with E-state index in [2.05, 4.69) is 0 Å². The Morgan fingerprint density at radius 3 is 2.42 bits per heavy atom. The van der Waals surface area contributed by atoms with Crippen LogP contribution in [0.1, 0.15) is 27.4 Å². The van der Waals surface area contributed by atoms with Crippen molar-refractivity contribution < 1.29 is 23.8 Å². The van der Waals surface area contributed by atoms with E-state index in [1.165, 1.54) is 12.1 Å². The molecule has 6 heteroatoms. The molecule has 1 heterocycles. The van der Waals surface area contributed by atoms with Crippen molar-refractivity contribution >= 4 is 11.9 Å². The molecule has 1 N–H and O–H groups in total. The summed E-state index contributed by atoms with van der Waals surface area (Å²) in [5.74, 6) is -1.94. The maximum atomic E-state index is 13.2. The smallest absolute Gasteiger partial charge is 0.308 e. The summed E-state index contributed by atoms with van der Waals surface area (Å²) in [4.78, 5) is 26.0. The van der Waals surface area contributed by atoms with E-state index in [4.69, 9.17) is 4.74 Å². The van der Waals surface area contributed by atoms with E-state index in [0.717, 1.165) is 11.1 Å². The number of methoxy groups -OCH3 is 1. The Morgan fingerprint density at radius 2 is 1.85 bits per heavy atom. The lowest BCUT2D eigenvalue weighted by molar-refractivity contribution is -0.141. The van der Waals surface area contributed by atoms with Gasteiger partial charge in [-0.3, -0.25) is 9.59 Å². The summed E-state index contributed by atoms with van der Waals surface area (Å²) in [5, 5.41) is 9.55. The third kappa shape index (κ3) is 3.40. The molecule has 2 aromatic carbocycles. The van der Waals surface area contributed by atoms with E-state index in [0.29, 0.717) is 11.3 Å². The van der Waals surface area contributed by atoms with Crippen LogP contribution in [0.4, 0.5) is 4.39 Å². The van der Waals surface area contributed by atoms with Crippen LogP contribution < -0.4 is 4.74 Å². The van der Waals surface area contributed by atoms with E-state index in [1.54, 1.807) is 42.3 Å². The number of halogens is 1. The third-order valence-corrected chi connectivity index (χ3v) is 4.86. The topological polar surface area (TPSA) is 66.8 Å². The summed E-state index contributed by atoms with van der Waals surface area (Å²) in [5.41, 5.74) is 2.05. The number of hydrogen-bond acceptors (Lipinski definition) is 3. The summed E-state index contributed by atoms with van der Waals surface area (Å²) < 4.78 is 18.4. The fourth-order valence-corrected chi connectivity index (χ4v) is 3.46. The molecule has 1 aliphatic heterocycles. The number of carboxylic acid groups (broad SMARTS) is 1. The molecular weight excluding hydrogens is 337 g/mol. The molecule has 1 saturated heterocycles. The number of likely N-dealkylation sites (tertiary alicyclic amines) is 1. The number of nitrogens with zero attached hydrogens (tertiary/aromatic N) is 1. The maximum absolute atomic E-state index is 13.2. The summed E-state index contributed by atoms with van der Waals surface area (Å²) in [7, 11) is 1.56. The second-order valence-corrected chi connectivity index (χ2v) is 6.50. The van der Waals surface area contributed by atoms with Crippen molar-refractivity contribution in [2.75, 3.05) is 20.2 Å². The lowest BCUT2D eigenvalue weighted by atomic mass is 9.89. The molecule has 5 nitrogen and oxygen atoms in total. The quantitative estimate of drug-likeness (QED) is 0.913. The minimum atomic E-state index is -0.958. The molecule has 0 bridgehead atoms. The van der Waals surface area contributed by atoms with E-state index < -0.39 is 11.9 Å². The highest BCUT2D eigenvalue weighted by atomic mass is 19.1. The molecule has 0 unspecified atom stereocenters. The van der Waals surface area contributed by atoms with Gasteiger partial charge < -0.3 is 14.7 Å². The van der Waals surface area contributed by atoms with Crippen LogP contribution in [-0.2, 0) is 4.79 Å². The van der Waals surface area contributed by atoms with Crippen molar-refractivity contribution in [3.63, 3.8) is 0 Å². The average molecular weight is 357 g/mol. The van der Waals surface area contributed by atoms with Crippen LogP contribution in [0.25, 0.3) is 0 Å². The highest BCUT2D eigenvalue weighted by Crippen LogP contribution is 2.34. The maximum Gasteiger partial charge on any atom is 0.308 e. The number of carbonyl (C=O) groups is 2. The van der Waals surface area contributed by atoms with Gasteiger partial charge in [0.25, 0.3) is 5.91 Å². The Kier molecular flexibility index (Phi) is 4.93. The molecule has 1 aliphatic rings. The number of carboxylic acids is 1. The number of hydrogen-bond donors (Lipinski definition) is 1. The molecule has 2 aromatic rings. The van der Waals surface area contributed by atoms with Gasteiger partial charge in [-0.1, -0.05) is 12.1 Å². The van der Waals surface area contributed by atoms with Gasteiger partial charge in [0.05, 0.1) is 13.0 Å². The van der Waals surface area contributed by atoms with Gasteiger partial charge in [-0.15, -0.1) is 0 Å². The predicted octanol–water partition coefficient (Wildman–Crippen LogP) is 3.08. The molecule has 0 aromatic heterocycles. The zero-order valence-corrected chi connectivity index (χ0v) is 14.6. The highest BCUT2D eigenvalue weighted by molar-refractivity contribution is 5.95. The summed E-state index contributed by atoms with van der Waals surface area (Å²) in [6.07, 6.45) is 0. The molecule has 0 aliphatic carbocycles. The van der Waals surface area contributed by atoms with Gasteiger partial charge in [0.2, 0.25) is 0 Å². The van der Waals surface area contributed by atoms with Crippen molar-refractivity contribution in [1.82, 2.24) is 4.90 Å². The molecule has 1 fully saturated rings. The van der Waals surface area contributed by atoms with Gasteiger partial charge >= 0.3 is 5.97 Å². The van der Waals surface area contributed by atoms with Gasteiger partial charge in [0.15, 0.2) is 0 Å². The van der Waals surface area contributed by atoms with Gasteiger partial charge in [-0.2, -0.15) is 0 Å². The summed E-state index contributed by atoms with van der Waals surface area (Å²) in [6.45, 7) is 2.26. The Hall–Kier alpha value is -2.89. The summed E-state index contributed by atoms with van der Waals surface area (Å²) in [6, 6.07) is 10.9. The Bertz CT molecular complexity index is 834. The molecule has 0 saturated carbocycles. The van der Waals surface area contributed by atoms with Crippen molar-refractivity contribution in [3.8, 4) is 5.75 Å². The number of rotatable bonds is 4. The number of aryl methyl sites for hydroxylation is 1. The normalized spacial score (nSPS) is 19.4. The Balaban J connectivity index is 1.85. The first-order valence-electron chi connectivity index (χ1n) is 8.33. The minimum Gasteiger partial charge on any atom is -0.496 e. The van der Waals surface area contributed by atoms with Gasteiger partial charge in [0.1, 0.15) is 11.6 Å². The first kappa shape index (κ1) is 17.9. The van der Waals surface area contributed by atoms with Crippen LogP contribution in [0.5, 0.6) is 5.75 Å². The standard InChI is InChI=1S/C20H20FNO4/c1-12-9-14(5-8-18(12)26-2)19(23)22-10-16(17(11-22)20(24)25)13-3-6-15(21)7-4-13/h3-9,16-17H,10-11H2,1-2H3,(H,24,25)/t16-,17+/m1/s1. The van der Waals surface area contributed by atoms with Crippen LogP contribution in [0, 0.1) is 18.7 Å². The van der Waals surface area contributed by atoms with Crippen LogP contribution in [0.2, 0.25) is 0 Å². The van der Waals surface area contributed by atoms with Crippen molar-refractivity contribution in [2.45, 2.75) is 12.8 Å². The van der Waals surface area contributed by atoms with Crippen molar-refractivity contribution in [1.29, 1.82) is 0 Å². The van der Waals surface area contributed by atoms with Crippen molar-refractivity contribution in [2.24, 2.45) is 5.92 Å². The third-order valence-electron chi connectivity index (χ3n) is 4.86. The zero-order valence-electron chi connectivity index (χ0n) is 14.6. The van der Waals surface area contributed by atoms with E-state index in [1.807, 2.05) is 6.92 Å². The lowest BCUT2D eigenvalue weighted by Gasteiger charge is -2.17. The average Bonchev–Trinajstić information content (AvgIpc) is 3.07. The van der Waals surface area contributed by atoms with Gasteiger partial charge in [-0.05, 0) is 48.4 Å². The zero-order chi connectivity index (χ0) is 18.8. The van der Waals surface area contributed by atoms with Crippen LogP contribution in [0.3, 0.4) is 0 Å². The van der Waals surface area contributed by atoms with E-state index in [-0.39, 0.29) is 30.7 Å². The molecule has 2 atom stereocenters. The van der Waals surface area contributed by atoms with E-state index >= 15 is 0 Å². The van der Waals surface area contributed by atoms with Crippen LogP contribution in [-0.4, -0.2) is 42.1 Å². The fraction of sp³-hybridized carbons (Fsp3) is 0.300. The molecule has 0 radical (unpaired) electrons. The lowest BCUT2D eigenvalue weighted by Crippen LogP contribution is -2.30. The second kappa shape index (κ2) is 7.15. The largest absolute Gasteiger partial charge is 0.496 e. The number of ether oxygens (including phenoxy) is 1. The monoisotopic (exact) mass is 357 g/mol. The van der Waals surface area contributed by atoms with Gasteiger partial charge in [0, 0.05) is 24.6 Å². The molecule has 1 amide bonds. The minimum absolute atomic E-state index is 0.126. The van der Waals surface area contributed by atoms with E-state index in [9.17, 15) is 19.1 Å². The fourth-order valence-electron chi connectivity index (χ4n) is 3.46. The summed E-state index contributed by atoms with van der Waals surface area (Å²) >= 11 is 0. The first-order valence-corrected chi connectivity index (χ1v) is 8.33. The Labute approximate surface area is 151 Å². The highest BCUT2D eigenvalue weighted by Gasteiger charge is 2.40. The molecule has 3 rings (SSSR count).